The summed E-state index contributed by atoms with van der Waals surface area (Å²) in [5.41, 5.74) is 6.75. The summed E-state index contributed by atoms with van der Waals surface area (Å²) < 4.78 is 0. The molecule has 0 aliphatic rings. The summed E-state index contributed by atoms with van der Waals surface area (Å²) in [5.74, 6) is -0.275. The van der Waals surface area contributed by atoms with E-state index < -0.39 is 0 Å². The van der Waals surface area contributed by atoms with E-state index in [4.69, 9.17) is 5.73 Å². The van der Waals surface area contributed by atoms with Gasteiger partial charge >= 0.3 is 0 Å². The largest absolute Gasteiger partial charge is 0.353 e. The van der Waals surface area contributed by atoms with Gasteiger partial charge in [0, 0.05) is 28.8 Å². The van der Waals surface area contributed by atoms with Gasteiger partial charge in [-0.25, -0.2) is 0 Å². The first-order valence-electron chi connectivity index (χ1n) is 7.21. The molecule has 0 bridgehead atoms. The van der Waals surface area contributed by atoms with Gasteiger partial charge in [0.15, 0.2) is 0 Å². The van der Waals surface area contributed by atoms with Gasteiger partial charge in [-0.05, 0) is 31.5 Å². The normalized spacial score (nSPS) is 13.0. The molecule has 0 fully saturated rings. The molecular formula is C17H23ClN2OS. The number of carbonyl (C=O) groups excluding carboxylic acids is 1. The number of benzene rings is 1. The second-order valence-corrected chi connectivity index (χ2v) is 6.70. The highest BCUT2D eigenvalue weighted by Gasteiger charge is 2.20. The number of halogens is 1. The van der Waals surface area contributed by atoms with Gasteiger partial charge in [0.2, 0.25) is 5.91 Å². The zero-order valence-corrected chi connectivity index (χ0v) is 14.5. The lowest BCUT2D eigenvalue weighted by molar-refractivity contribution is -0.122. The number of nitrogens with one attached hydrogen (secondary N) is 1. The van der Waals surface area contributed by atoms with Crippen molar-refractivity contribution in [3.63, 3.8) is 0 Å². The maximum absolute atomic E-state index is 12.4. The number of amides is 1. The summed E-state index contributed by atoms with van der Waals surface area (Å²) in [5, 5.41) is 3.07. The summed E-state index contributed by atoms with van der Waals surface area (Å²) in [6.45, 7) is 4.45. The minimum absolute atomic E-state index is 0. The lowest BCUT2D eigenvalue weighted by atomic mass is 9.98. The molecule has 0 spiro atoms. The number of hydrogen-bond donors (Lipinski definition) is 2. The van der Waals surface area contributed by atoms with Crippen LogP contribution >= 0.6 is 23.7 Å². The second-order valence-electron chi connectivity index (χ2n) is 5.33. The topological polar surface area (TPSA) is 55.1 Å². The van der Waals surface area contributed by atoms with E-state index in [9.17, 15) is 4.79 Å². The van der Waals surface area contributed by atoms with Crippen molar-refractivity contribution in [1.82, 2.24) is 5.32 Å². The Morgan fingerprint density at radius 3 is 2.45 bits per heavy atom. The van der Waals surface area contributed by atoms with E-state index in [0.29, 0.717) is 6.54 Å². The first-order valence-corrected chi connectivity index (χ1v) is 8.02. The van der Waals surface area contributed by atoms with Crippen LogP contribution in [0.3, 0.4) is 0 Å². The lowest BCUT2D eigenvalue weighted by Crippen LogP contribution is -2.39. The smallest absolute Gasteiger partial charge is 0.229 e. The van der Waals surface area contributed by atoms with Crippen molar-refractivity contribution in [2.24, 2.45) is 5.73 Å². The molecule has 2 aromatic rings. The molecule has 0 saturated carbocycles. The quantitative estimate of drug-likeness (QED) is 0.849. The molecule has 22 heavy (non-hydrogen) atoms. The van der Waals surface area contributed by atoms with Crippen LogP contribution in [0.1, 0.15) is 28.2 Å². The lowest BCUT2D eigenvalue weighted by Gasteiger charge is -2.19. The molecule has 1 heterocycles. The maximum Gasteiger partial charge on any atom is 0.229 e. The van der Waals surface area contributed by atoms with Crippen molar-refractivity contribution < 1.29 is 4.79 Å². The van der Waals surface area contributed by atoms with Crippen LogP contribution in [0.5, 0.6) is 0 Å². The van der Waals surface area contributed by atoms with Crippen LogP contribution in [0, 0.1) is 6.92 Å². The van der Waals surface area contributed by atoms with E-state index in [1.807, 2.05) is 37.3 Å². The Hall–Kier alpha value is -1.36. The van der Waals surface area contributed by atoms with Gasteiger partial charge in [0.25, 0.3) is 0 Å². The van der Waals surface area contributed by atoms with Gasteiger partial charge in [-0.3, -0.25) is 4.79 Å². The number of thiophene rings is 1. The predicted molar refractivity (Wildman–Crippen MR) is 95.9 cm³/mol. The molecule has 0 saturated heterocycles. The van der Waals surface area contributed by atoms with Gasteiger partial charge in [-0.15, -0.1) is 23.7 Å². The minimum atomic E-state index is -0.279. The summed E-state index contributed by atoms with van der Waals surface area (Å²) in [7, 11) is 0. The van der Waals surface area contributed by atoms with Crippen molar-refractivity contribution in [3.05, 3.63) is 57.8 Å². The zero-order chi connectivity index (χ0) is 15.2. The second kappa shape index (κ2) is 8.93. The Morgan fingerprint density at radius 2 is 1.91 bits per heavy atom. The molecule has 120 valence electrons. The molecule has 2 atom stereocenters. The molecule has 2 unspecified atom stereocenters. The Balaban J connectivity index is 0.00000242. The van der Waals surface area contributed by atoms with E-state index >= 15 is 0 Å². The van der Waals surface area contributed by atoms with Gasteiger partial charge in [0.05, 0.1) is 5.92 Å². The van der Waals surface area contributed by atoms with Crippen LogP contribution in [-0.2, 0) is 11.2 Å². The average Bonchev–Trinajstić information content (AvgIpc) is 2.85. The summed E-state index contributed by atoms with van der Waals surface area (Å²) in [6, 6.07) is 14.0. The van der Waals surface area contributed by atoms with E-state index in [0.717, 1.165) is 12.0 Å². The standard InChI is InChI=1S/C17H22N2OS.ClH/c1-12(10-15-9-8-13(2)21-15)19-17(20)16(11-18)14-6-4-3-5-7-14;/h3-9,12,16H,10-11,18H2,1-2H3,(H,19,20);1H. The number of carbonyl (C=O) groups is 1. The highest BCUT2D eigenvalue weighted by Crippen LogP contribution is 2.18. The molecule has 0 radical (unpaired) electrons. The number of hydrogen-bond acceptors (Lipinski definition) is 3. The fourth-order valence-corrected chi connectivity index (χ4v) is 3.39. The third-order valence-electron chi connectivity index (χ3n) is 3.45. The highest BCUT2D eigenvalue weighted by atomic mass is 35.5. The molecule has 1 aromatic heterocycles. The molecule has 5 heteroatoms. The highest BCUT2D eigenvalue weighted by molar-refractivity contribution is 7.11. The molecule has 3 nitrogen and oxygen atoms in total. The van der Waals surface area contributed by atoms with Crippen LogP contribution in [0.15, 0.2) is 42.5 Å². The zero-order valence-electron chi connectivity index (χ0n) is 12.9. The number of nitrogens with two attached hydrogens (primary N) is 1. The molecule has 1 amide bonds. The Morgan fingerprint density at radius 1 is 1.23 bits per heavy atom. The van der Waals surface area contributed by atoms with Crippen molar-refractivity contribution in [1.29, 1.82) is 0 Å². The van der Waals surface area contributed by atoms with Gasteiger partial charge in [0.1, 0.15) is 0 Å². The van der Waals surface area contributed by atoms with Crippen LogP contribution in [-0.4, -0.2) is 18.5 Å². The first-order chi connectivity index (χ1) is 10.1. The summed E-state index contributed by atoms with van der Waals surface area (Å²) >= 11 is 1.78. The Bertz CT molecular complexity index is 585. The van der Waals surface area contributed by atoms with Crippen LogP contribution in [0.25, 0.3) is 0 Å². The fraction of sp³-hybridized carbons (Fsp3) is 0.353. The van der Waals surface area contributed by atoms with Crippen molar-refractivity contribution in [2.45, 2.75) is 32.2 Å². The third kappa shape index (κ3) is 5.13. The molecular weight excluding hydrogens is 316 g/mol. The summed E-state index contributed by atoms with van der Waals surface area (Å²) in [6.07, 6.45) is 0.857. The average molecular weight is 339 g/mol. The maximum atomic E-state index is 12.4. The van der Waals surface area contributed by atoms with Crippen LogP contribution in [0.2, 0.25) is 0 Å². The Kier molecular flexibility index (Phi) is 7.59. The molecule has 0 aliphatic carbocycles. The predicted octanol–water partition coefficient (Wildman–Crippen LogP) is 3.27. The van der Waals surface area contributed by atoms with Crippen LogP contribution < -0.4 is 11.1 Å². The number of aryl methyl sites for hydroxylation is 1. The molecule has 1 aromatic carbocycles. The van der Waals surface area contributed by atoms with Gasteiger partial charge in [-0.2, -0.15) is 0 Å². The van der Waals surface area contributed by atoms with Crippen molar-refractivity contribution in [3.8, 4) is 0 Å². The number of rotatable bonds is 6. The van der Waals surface area contributed by atoms with Gasteiger partial charge in [-0.1, -0.05) is 30.3 Å². The Labute approximate surface area is 142 Å². The van der Waals surface area contributed by atoms with E-state index in [1.165, 1.54) is 9.75 Å². The van der Waals surface area contributed by atoms with Crippen LogP contribution in [0.4, 0.5) is 0 Å². The van der Waals surface area contributed by atoms with E-state index in [1.54, 1.807) is 11.3 Å². The van der Waals surface area contributed by atoms with E-state index in [2.05, 4.69) is 24.4 Å². The van der Waals surface area contributed by atoms with Crippen molar-refractivity contribution >= 4 is 29.7 Å². The fourth-order valence-electron chi connectivity index (χ4n) is 2.37. The van der Waals surface area contributed by atoms with Gasteiger partial charge < -0.3 is 11.1 Å². The van der Waals surface area contributed by atoms with E-state index in [-0.39, 0.29) is 30.3 Å². The minimum Gasteiger partial charge on any atom is -0.353 e. The first kappa shape index (κ1) is 18.7. The molecule has 2 rings (SSSR count). The van der Waals surface area contributed by atoms with Crippen molar-refractivity contribution in [2.75, 3.05) is 6.54 Å². The summed E-state index contributed by atoms with van der Waals surface area (Å²) in [4.78, 5) is 15.0. The SMILES string of the molecule is Cc1ccc(CC(C)NC(=O)C(CN)c2ccccc2)s1.Cl. The third-order valence-corrected chi connectivity index (χ3v) is 4.47. The molecule has 3 N–H and O–H groups in total. The molecule has 0 aliphatic heterocycles. The monoisotopic (exact) mass is 338 g/mol.